The maximum absolute atomic E-state index is 10.8. The van der Waals surface area contributed by atoms with Crippen LogP contribution in [0.2, 0.25) is 0 Å². The van der Waals surface area contributed by atoms with Crippen LogP contribution in [0.4, 0.5) is 0 Å². The van der Waals surface area contributed by atoms with Crippen molar-refractivity contribution in [3.05, 3.63) is 0 Å². The van der Waals surface area contributed by atoms with Gasteiger partial charge in [0.05, 0.1) is 0 Å². The molecule has 2 N–H and O–H groups in total. The molecule has 2 aliphatic carbocycles. The second-order valence-corrected chi connectivity index (χ2v) is 4.65. The van der Waals surface area contributed by atoms with Gasteiger partial charge in [-0.05, 0) is 31.6 Å². The quantitative estimate of drug-likeness (QED) is 0.679. The van der Waals surface area contributed by atoms with E-state index in [4.69, 9.17) is 5.11 Å². The Morgan fingerprint density at radius 1 is 1.46 bits per heavy atom. The van der Waals surface area contributed by atoms with Gasteiger partial charge in [-0.2, -0.15) is 0 Å². The summed E-state index contributed by atoms with van der Waals surface area (Å²) in [6.45, 7) is 1.45. The van der Waals surface area contributed by atoms with Crippen molar-refractivity contribution < 1.29 is 15.0 Å². The minimum atomic E-state index is -1.50. The molecule has 0 aromatic heterocycles. The van der Waals surface area contributed by atoms with Crippen molar-refractivity contribution in [1.82, 2.24) is 0 Å². The van der Waals surface area contributed by atoms with Crippen molar-refractivity contribution in [2.24, 2.45) is 17.8 Å². The van der Waals surface area contributed by atoms with Crippen LogP contribution in [0.25, 0.3) is 0 Å². The Balaban J connectivity index is 2.11. The summed E-state index contributed by atoms with van der Waals surface area (Å²) in [5.41, 5.74) is -1.50. The van der Waals surface area contributed by atoms with Crippen molar-refractivity contribution in [1.29, 1.82) is 0 Å². The molecular formula is C10H16O3. The Labute approximate surface area is 77.8 Å². The van der Waals surface area contributed by atoms with Crippen LogP contribution >= 0.6 is 0 Å². The van der Waals surface area contributed by atoms with Gasteiger partial charge in [-0.1, -0.05) is 12.8 Å². The molecule has 0 amide bonds. The highest BCUT2D eigenvalue weighted by Gasteiger charge is 2.54. The fourth-order valence-corrected chi connectivity index (χ4v) is 2.77. The predicted molar refractivity (Wildman–Crippen MR) is 47.2 cm³/mol. The average Bonchev–Trinajstić information content (AvgIpc) is 2.80. The molecule has 0 radical (unpaired) electrons. The summed E-state index contributed by atoms with van der Waals surface area (Å²) in [4.78, 5) is 10.8. The van der Waals surface area contributed by atoms with Crippen LogP contribution < -0.4 is 0 Å². The summed E-state index contributed by atoms with van der Waals surface area (Å²) in [5.74, 6) is 0.123. The van der Waals surface area contributed by atoms with E-state index in [2.05, 4.69) is 0 Å². The second-order valence-electron chi connectivity index (χ2n) is 4.65. The van der Waals surface area contributed by atoms with Gasteiger partial charge in [-0.15, -0.1) is 0 Å². The Morgan fingerprint density at radius 2 is 2.15 bits per heavy atom. The van der Waals surface area contributed by atoms with Crippen molar-refractivity contribution in [3.8, 4) is 0 Å². The average molecular weight is 184 g/mol. The zero-order chi connectivity index (χ0) is 9.64. The van der Waals surface area contributed by atoms with Crippen LogP contribution in [-0.2, 0) is 4.79 Å². The van der Waals surface area contributed by atoms with Crippen molar-refractivity contribution in [2.45, 2.75) is 38.2 Å². The zero-order valence-electron chi connectivity index (χ0n) is 7.86. The molecule has 0 aliphatic heterocycles. The molecule has 74 valence electrons. The monoisotopic (exact) mass is 184 g/mol. The summed E-state index contributed by atoms with van der Waals surface area (Å²) in [5, 5.41) is 18.7. The highest BCUT2D eigenvalue weighted by Crippen LogP contribution is 2.55. The van der Waals surface area contributed by atoms with E-state index in [-0.39, 0.29) is 5.92 Å². The van der Waals surface area contributed by atoms with Gasteiger partial charge in [0.1, 0.15) is 0 Å². The van der Waals surface area contributed by atoms with E-state index < -0.39 is 11.6 Å². The van der Waals surface area contributed by atoms with Crippen LogP contribution in [0.5, 0.6) is 0 Å². The van der Waals surface area contributed by atoms with Crippen molar-refractivity contribution >= 4 is 5.97 Å². The van der Waals surface area contributed by atoms with Gasteiger partial charge in [0.15, 0.2) is 5.60 Å². The minimum absolute atomic E-state index is 0.0104. The lowest BCUT2D eigenvalue weighted by molar-refractivity contribution is -0.164. The molecular weight excluding hydrogens is 168 g/mol. The highest BCUT2D eigenvalue weighted by molar-refractivity contribution is 5.77. The minimum Gasteiger partial charge on any atom is -0.479 e. The lowest BCUT2D eigenvalue weighted by Crippen LogP contribution is -2.45. The van der Waals surface area contributed by atoms with E-state index in [1.54, 1.807) is 0 Å². The molecule has 4 unspecified atom stereocenters. The highest BCUT2D eigenvalue weighted by atomic mass is 16.4. The lowest BCUT2D eigenvalue weighted by atomic mass is 9.77. The number of carboxylic acid groups (broad SMARTS) is 1. The fraction of sp³-hybridized carbons (Fsp3) is 0.900. The normalized spacial score (nSPS) is 41.8. The molecule has 0 heterocycles. The van der Waals surface area contributed by atoms with Crippen molar-refractivity contribution in [3.63, 3.8) is 0 Å². The van der Waals surface area contributed by atoms with E-state index >= 15 is 0 Å². The van der Waals surface area contributed by atoms with Crippen LogP contribution in [0.1, 0.15) is 32.6 Å². The van der Waals surface area contributed by atoms with Gasteiger partial charge < -0.3 is 10.2 Å². The fourth-order valence-electron chi connectivity index (χ4n) is 2.77. The summed E-state index contributed by atoms with van der Waals surface area (Å²) in [7, 11) is 0. The van der Waals surface area contributed by atoms with E-state index in [9.17, 15) is 9.90 Å². The molecule has 13 heavy (non-hydrogen) atoms. The third-order valence-corrected chi connectivity index (χ3v) is 3.74. The third-order valence-electron chi connectivity index (χ3n) is 3.74. The van der Waals surface area contributed by atoms with Gasteiger partial charge in [0, 0.05) is 5.92 Å². The number of fused-ring (bicyclic) bond motifs is 1. The molecule has 0 bridgehead atoms. The maximum Gasteiger partial charge on any atom is 0.335 e. The SMILES string of the molecule is CC(O)(C(=O)O)C1CCCC2CC21. The van der Waals surface area contributed by atoms with Gasteiger partial charge >= 0.3 is 5.97 Å². The van der Waals surface area contributed by atoms with E-state index in [1.807, 2.05) is 0 Å². The zero-order valence-corrected chi connectivity index (χ0v) is 7.86. The van der Waals surface area contributed by atoms with Crippen LogP contribution in [0.3, 0.4) is 0 Å². The Kier molecular flexibility index (Phi) is 1.88. The molecule has 2 aliphatic rings. The number of rotatable bonds is 2. The Hall–Kier alpha value is -0.570. The Morgan fingerprint density at radius 3 is 2.77 bits per heavy atom. The topological polar surface area (TPSA) is 57.5 Å². The molecule has 3 heteroatoms. The summed E-state index contributed by atoms with van der Waals surface area (Å²) in [6.07, 6.45) is 4.32. The van der Waals surface area contributed by atoms with Gasteiger partial charge in [0.2, 0.25) is 0 Å². The van der Waals surface area contributed by atoms with Crippen LogP contribution in [-0.4, -0.2) is 21.8 Å². The van der Waals surface area contributed by atoms with Gasteiger partial charge in [-0.25, -0.2) is 4.79 Å². The number of carboxylic acids is 1. The number of aliphatic carboxylic acids is 1. The first-order chi connectivity index (χ1) is 6.03. The molecule has 0 spiro atoms. The molecule has 3 nitrogen and oxygen atoms in total. The van der Waals surface area contributed by atoms with Gasteiger partial charge in [-0.3, -0.25) is 0 Å². The predicted octanol–water partition coefficient (Wildman–Crippen LogP) is 1.26. The summed E-state index contributed by atoms with van der Waals surface area (Å²) < 4.78 is 0. The third kappa shape index (κ3) is 1.35. The van der Waals surface area contributed by atoms with Crippen molar-refractivity contribution in [2.75, 3.05) is 0 Å². The first-order valence-electron chi connectivity index (χ1n) is 4.99. The number of carbonyl (C=O) groups is 1. The van der Waals surface area contributed by atoms with E-state index in [0.717, 1.165) is 19.3 Å². The number of hydrogen-bond acceptors (Lipinski definition) is 2. The van der Waals surface area contributed by atoms with Crippen LogP contribution in [0.15, 0.2) is 0 Å². The largest absolute Gasteiger partial charge is 0.479 e. The number of aliphatic hydroxyl groups is 1. The first-order valence-corrected chi connectivity index (χ1v) is 4.99. The second kappa shape index (κ2) is 2.71. The number of hydrogen-bond donors (Lipinski definition) is 2. The molecule has 0 saturated heterocycles. The van der Waals surface area contributed by atoms with Gasteiger partial charge in [0.25, 0.3) is 0 Å². The Bertz CT molecular complexity index is 234. The molecule has 0 aromatic carbocycles. The molecule has 2 rings (SSSR count). The van der Waals surface area contributed by atoms with E-state index in [1.165, 1.54) is 13.3 Å². The first kappa shape index (κ1) is 9.00. The smallest absolute Gasteiger partial charge is 0.335 e. The summed E-state index contributed by atoms with van der Waals surface area (Å²) in [6, 6.07) is 0. The lowest BCUT2D eigenvalue weighted by Gasteiger charge is -2.31. The van der Waals surface area contributed by atoms with E-state index in [0.29, 0.717) is 11.8 Å². The van der Waals surface area contributed by atoms with Crippen LogP contribution in [0, 0.1) is 17.8 Å². The molecule has 4 atom stereocenters. The summed E-state index contributed by atoms with van der Waals surface area (Å²) >= 11 is 0. The molecule has 2 fully saturated rings. The molecule has 2 saturated carbocycles. The molecule has 0 aromatic rings. The maximum atomic E-state index is 10.8. The standard InChI is InChI=1S/C10H16O3/c1-10(13,9(11)12)8-4-2-3-6-5-7(6)8/h6-8,13H,2-5H2,1H3,(H,11,12).